The van der Waals surface area contributed by atoms with Crippen LogP contribution in [0.25, 0.3) is 0 Å². The van der Waals surface area contributed by atoms with Gasteiger partial charge in [-0.15, -0.1) is 6.42 Å². The molecule has 0 atom stereocenters. The Kier molecular flexibility index (Phi) is 5.15. The summed E-state index contributed by atoms with van der Waals surface area (Å²) in [5.41, 5.74) is -0.101. The Morgan fingerprint density at radius 2 is 2.00 bits per heavy atom. The molecule has 5 nitrogen and oxygen atoms in total. The highest BCUT2D eigenvalue weighted by Crippen LogP contribution is 2.16. The van der Waals surface area contributed by atoms with Gasteiger partial charge in [-0.05, 0) is 31.0 Å². The first-order chi connectivity index (χ1) is 9.47. The molecule has 106 valence electrons. The van der Waals surface area contributed by atoms with Gasteiger partial charge in [0, 0.05) is 11.3 Å². The van der Waals surface area contributed by atoms with Crippen molar-refractivity contribution in [1.82, 2.24) is 5.32 Å². The molecule has 0 saturated heterocycles. The third-order valence-corrected chi connectivity index (χ3v) is 3.26. The van der Waals surface area contributed by atoms with Crippen molar-refractivity contribution in [3.63, 3.8) is 0 Å². The first kappa shape index (κ1) is 15.6. The van der Waals surface area contributed by atoms with Gasteiger partial charge >= 0.3 is 12.0 Å². The Bertz CT molecular complexity index is 542. The predicted molar refractivity (Wildman–Crippen MR) is 77.5 cm³/mol. The van der Waals surface area contributed by atoms with Crippen LogP contribution in [0.4, 0.5) is 10.5 Å². The van der Waals surface area contributed by atoms with Crippen LogP contribution in [0.2, 0.25) is 0 Å². The second-order valence-electron chi connectivity index (χ2n) is 4.40. The van der Waals surface area contributed by atoms with Crippen molar-refractivity contribution in [2.75, 3.05) is 5.32 Å². The molecule has 5 heteroatoms. The van der Waals surface area contributed by atoms with Crippen LogP contribution in [0.5, 0.6) is 0 Å². The number of hydrogen-bond acceptors (Lipinski definition) is 2. The molecule has 0 spiro atoms. The molecular formula is C15H18N2O3. The lowest BCUT2D eigenvalue weighted by Crippen LogP contribution is -2.54. The smallest absolute Gasteiger partial charge is 0.329 e. The predicted octanol–water partition coefficient (Wildman–Crippen LogP) is 2.43. The number of benzene rings is 1. The maximum Gasteiger partial charge on any atom is 0.329 e. The molecule has 3 N–H and O–H groups in total. The molecule has 2 amide bonds. The number of rotatable bonds is 5. The first-order valence-electron chi connectivity index (χ1n) is 6.36. The van der Waals surface area contributed by atoms with Crippen molar-refractivity contribution in [3.8, 4) is 12.3 Å². The number of carboxylic acids is 1. The molecule has 0 heterocycles. The van der Waals surface area contributed by atoms with E-state index < -0.39 is 17.5 Å². The van der Waals surface area contributed by atoms with Gasteiger partial charge in [-0.2, -0.15) is 0 Å². The molecule has 0 bridgehead atoms. The maximum absolute atomic E-state index is 11.9. The van der Waals surface area contributed by atoms with Gasteiger partial charge < -0.3 is 15.7 Å². The van der Waals surface area contributed by atoms with Crippen LogP contribution in [0.1, 0.15) is 32.3 Å². The molecule has 1 aromatic carbocycles. The minimum absolute atomic E-state index is 0.302. The summed E-state index contributed by atoms with van der Waals surface area (Å²) in [6.45, 7) is 3.44. The zero-order valence-electron chi connectivity index (χ0n) is 11.6. The molecule has 1 rings (SSSR count). The molecular weight excluding hydrogens is 256 g/mol. The third-order valence-electron chi connectivity index (χ3n) is 3.26. The number of aliphatic carboxylic acids is 1. The van der Waals surface area contributed by atoms with Crippen molar-refractivity contribution in [2.45, 2.75) is 32.2 Å². The second-order valence-corrected chi connectivity index (χ2v) is 4.40. The van der Waals surface area contributed by atoms with Gasteiger partial charge in [-0.25, -0.2) is 9.59 Å². The maximum atomic E-state index is 11.9. The van der Waals surface area contributed by atoms with E-state index >= 15 is 0 Å². The van der Waals surface area contributed by atoms with E-state index in [0.717, 1.165) is 0 Å². The molecule has 0 aliphatic carbocycles. The average molecular weight is 274 g/mol. The van der Waals surface area contributed by atoms with Gasteiger partial charge in [0.1, 0.15) is 5.54 Å². The fourth-order valence-corrected chi connectivity index (χ4v) is 1.85. The van der Waals surface area contributed by atoms with Crippen LogP contribution in [-0.2, 0) is 4.79 Å². The van der Waals surface area contributed by atoms with Gasteiger partial charge in [0.05, 0.1) is 0 Å². The molecule has 1 aromatic rings. The summed E-state index contributed by atoms with van der Waals surface area (Å²) in [6.07, 6.45) is 5.88. The number of nitrogens with one attached hydrogen (secondary N) is 2. The van der Waals surface area contributed by atoms with Crippen molar-refractivity contribution < 1.29 is 14.7 Å². The third kappa shape index (κ3) is 3.51. The number of amides is 2. The summed E-state index contributed by atoms with van der Waals surface area (Å²) in [5.74, 6) is 1.42. The van der Waals surface area contributed by atoms with E-state index in [1.54, 1.807) is 38.1 Å². The Hall–Kier alpha value is -2.48. The minimum Gasteiger partial charge on any atom is -0.480 e. The highest BCUT2D eigenvalue weighted by atomic mass is 16.4. The number of carboxylic acid groups (broad SMARTS) is 1. The van der Waals surface area contributed by atoms with Gasteiger partial charge in [-0.1, -0.05) is 25.8 Å². The molecule has 0 aliphatic heterocycles. The second kappa shape index (κ2) is 6.62. The number of carbonyl (C=O) groups is 2. The van der Waals surface area contributed by atoms with Crippen LogP contribution >= 0.6 is 0 Å². The van der Waals surface area contributed by atoms with Crippen LogP contribution in [-0.4, -0.2) is 22.6 Å². The molecule has 0 fully saturated rings. The summed E-state index contributed by atoms with van der Waals surface area (Å²) in [4.78, 5) is 23.2. The Morgan fingerprint density at radius 1 is 1.35 bits per heavy atom. The summed E-state index contributed by atoms with van der Waals surface area (Å²) in [5, 5.41) is 14.4. The topological polar surface area (TPSA) is 78.4 Å². The lowest BCUT2D eigenvalue weighted by atomic mass is 9.93. The number of terminal acetylenes is 1. The molecule has 0 radical (unpaired) electrons. The number of anilines is 1. The van der Waals surface area contributed by atoms with E-state index in [1.807, 2.05) is 0 Å². The molecule has 0 unspecified atom stereocenters. The minimum atomic E-state index is -1.26. The molecule has 20 heavy (non-hydrogen) atoms. The van der Waals surface area contributed by atoms with Gasteiger partial charge in [0.2, 0.25) is 0 Å². The fourth-order valence-electron chi connectivity index (χ4n) is 1.85. The van der Waals surface area contributed by atoms with Gasteiger partial charge in [0.25, 0.3) is 0 Å². The monoisotopic (exact) mass is 274 g/mol. The lowest BCUT2D eigenvalue weighted by molar-refractivity contribution is -0.144. The van der Waals surface area contributed by atoms with Crippen LogP contribution in [0.3, 0.4) is 0 Å². The zero-order chi connectivity index (χ0) is 15.2. The van der Waals surface area contributed by atoms with E-state index in [4.69, 9.17) is 6.42 Å². The largest absolute Gasteiger partial charge is 0.480 e. The Labute approximate surface area is 118 Å². The van der Waals surface area contributed by atoms with E-state index in [0.29, 0.717) is 24.1 Å². The zero-order valence-corrected chi connectivity index (χ0v) is 11.6. The van der Waals surface area contributed by atoms with E-state index in [1.165, 1.54) is 0 Å². The highest BCUT2D eigenvalue weighted by Gasteiger charge is 2.36. The highest BCUT2D eigenvalue weighted by molar-refractivity contribution is 5.94. The quantitative estimate of drug-likeness (QED) is 0.721. The van der Waals surface area contributed by atoms with Crippen molar-refractivity contribution in [1.29, 1.82) is 0 Å². The summed E-state index contributed by atoms with van der Waals surface area (Å²) in [6, 6.07) is 6.21. The SMILES string of the molecule is C#Cc1cccc(NC(=O)NC(CC)(CC)C(=O)O)c1. The number of carbonyl (C=O) groups excluding carboxylic acids is 1. The van der Waals surface area contributed by atoms with Crippen LogP contribution in [0, 0.1) is 12.3 Å². The van der Waals surface area contributed by atoms with Crippen molar-refractivity contribution in [2.24, 2.45) is 0 Å². The number of hydrogen-bond donors (Lipinski definition) is 3. The van der Waals surface area contributed by atoms with Crippen LogP contribution in [0.15, 0.2) is 24.3 Å². The van der Waals surface area contributed by atoms with E-state index in [9.17, 15) is 14.7 Å². The molecule has 0 aliphatic rings. The standard InChI is InChI=1S/C15H18N2O3/c1-4-11-8-7-9-12(10-11)16-14(20)17-15(5-2,6-3)13(18)19/h1,7-10H,5-6H2,2-3H3,(H,18,19)(H2,16,17,20). The molecule has 0 saturated carbocycles. The number of urea groups is 1. The fraction of sp³-hybridized carbons (Fsp3) is 0.333. The molecule has 0 aromatic heterocycles. The van der Waals surface area contributed by atoms with Crippen LogP contribution < -0.4 is 10.6 Å². The first-order valence-corrected chi connectivity index (χ1v) is 6.36. The van der Waals surface area contributed by atoms with Gasteiger partial charge in [-0.3, -0.25) is 0 Å². The normalized spacial score (nSPS) is 10.4. The summed E-state index contributed by atoms with van der Waals surface area (Å²) >= 11 is 0. The lowest BCUT2D eigenvalue weighted by Gasteiger charge is -2.28. The summed E-state index contributed by atoms with van der Waals surface area (Å²) < 4.78 is 0. The van der Waals surface area contributed by atoms with E-state index in [-0.39, 0.29) is 0 Å². The van der Waals surface area contributed by atoms with E-state index in [2.05, 4.69) is 16.6 Å². The average Bonchev–Trinajstić information content (AvgIpc) is 2.44. The van der Waals surface area contributed by atoms with Gasteiger partial charge in [0.15, 0.2) is 0 Å². The Morgan fingerprint density at radius 3 is 2.50 bits per heavy atom. The van der Waals surface area contributed by atoms with Crippen molar-refractivity contribution >= 4 is 17.7 Å². The van der Waals surface area contributed by atoms with Crippen molar-refractivity contribution in [3.05, 3.63) is 29.8 Å². The Balaban J connectivity index is 2.81. The summed E-state index contributed by atoms with van der Waals surface area (Å²) in [7, 11) is 0.